The van der Waals surface area contributed by atoms with Gasteiger partial charge in [0.2, 0.25) is 0 Å². The fourth-order valence-electron chi connectivity index (χ4n) is 2.71. The van der Waals surface area contributed by atoms with Crippen molar-refractivity contribution in [2.24, 2.45) is 49.2 Å². The van der Waals surface area contributed by atoms with E-state index in [-0.39, 0.29) is 0 Å². The van der Waals surface area contributed by atoms with Crippen LogP contribution in [0.4, 0.5) is 39.5 Å². The maximum atomic E-state index is 11.9. The number of halogens is 9. The fourth-order valence-corrected chi connectivity index (χ4v) is 2.71. The van der Waals surface area contributed by atoms with E-state index in [1.165, 1.54) is 53.4 Å². The molecule has 0 aliphatic heterocycles. The van der Waals surface area contributed by atoms with Gasteiger partial charge in [0.25, 0.3) is 0 Å². The maximum Gasteiger partial charge on any atom is 0.523 e. The molecule has 0 radical (unpaired) electrons. The number of ether oxygens (including phenoxy) is 1. The average molecular weight is 761 g/mol. The molecule has 1 unspecified atom stereocenters. The Labute approximate surface area is 309 Å². The minimum Gasteiger partial charge on any atom is -0.286 e. The molecule has 0 amide bonds. The standard InChI is InChI=1S/2C8H16.C8H18.C7H13F3.C5H9F3O.C5H9F3/c2*1-7(2,3)8(4)5-6-8;1-7(2,3)8(4,5)6;1-5(6(2,3)4)7(8,9)10;1-4(2,3)9-5(6,7)8;1-4(2,3)5(6,7)8/h2*5-6H2,1-4H3;1-6H3;5H,1-4H3;1-3H3;1-3H3. The normalized spacial score (nSPS) is 18.3. The van der Waals surface area contributed by atoms with E-state index in [4.69, 9.17) is 0 Å². The second-order valence-electron chi connectivity index (χ2n) is 22.2. The van der Waals surface area contributed by atoms with Crippen molar-refractivity contribution >= 4 is 0 Å². The minimum atomic E-state index is -4.52. The van der Waals surface area contributed by atoms with E-state index in [0.717, 1.165) is 20.8 Å². The van der Waals surface area contributed by atoms with Gasteiger partial charge < -0.3 is 0 Å². The Balaban J connectivity index is -0.000000260. The SMILES string of the molecule is CC(C(C)(C)C)C(F)(F)F.CC(C)(C)C(C)(C)C.CC(C)(C)C(F)(F)F.CC(C)(C)C1(C)CC1.CC(C)(C)C1(C)CC1.CC(C)(C)OC(F)(F)F. The smallest absolute Gasteiger partial charge is 0.286 e. The summed E-state index contributed by atoms with van der Waals surface area (Å²) in [5.74, 6) is -1.24. The first-order chi connectivity index (χ1) is 21.3. The zero-order valence-electron chi connectivity index (χ0n) is 37.2. The second kappa shape index (κ2) is 18.3. The van der Waals surface area contributed by atoms with Crippen LogP contribution in [-0.4, -0.2) is 24.3 Å². The van der Waals surface area contributed by atoms with Gasteiger partial charge in [0.15, 0.2) is 0 Å². The highest BCUT2D eigenvalue weighted by Gasteiger charge is 2.48. The summed E-state index contributed by atoms with van der Waals surface area (Å²) in [5, 5.41) is 0. The molecule has 314 valence electrons. The van der Waals surface area contributed by atoms with Gasteiger partial charge in [0, 0.05) is 0 Å². The molecule has 1 atom stereocenters. The molecule has 1 nitrogen and oxygen atoms in total. The van der Waals surface area contributed by atoms with Crippen molar-refractivity contribution < 1.29 is 44.3 Å². The van der Waals surface area contributed by atoms with Crippen molar-refractivity contribution in [2.45, 2.75) is 216 Å². The highest BCUT2D eigenvalue weighted by Crippen LogP contribution is 2.58. The molecule has 2 saturated carbocycles. The van der Waals surface area contributed by atoms with Crippen LogP contribution in [0, 0.1) is 49.2 Å². The average Bonchev–Trinajstić information content (AvgIpc) is 3.66. The van der Waals surface area contributed by atoms with Crippen LogP contribution in [0.2, 0.25) is 0 Å². The second-order valence-corrected chi connectivity index (χ2v) is 22.2. The summed E-state index contributed by atoms with van der Waals surface area (Å²) < 4.78 is 108. The maximum absolute atomic E-state index is 11.9. The van der Waals surface area contributed by atoms with E-state index in [0.29, 0.717) is 32.5 Å². The van der Waals surface area contributed by atoms with Crippen molar-refractivity contribution in [3.05, 3.63) is 0 Å². The molecule has 2 aliphatic rings. The number of hydrogen-bond acceptors (Lipinski definition) is 1. The minimum absolute atomic E-state index is 0.437. The lowest BCUT2D eigenvalue weighted by atomic mass is 9.71. The molecule has 0 heterocycles. The van der Waals surface area contributed by atoms with Gasteiger partial charge in [0.05, 0.1) is 16.9 Å². The summed E-state index contributed by atoms with van der Waals surface area (Å²) in [6, 6.07) is 0. The Hall–Kier alpha value is -0.670. The molecule has 2 aliphatic carbocycles. The third kappa shape index (κ3) is 27.6. The monoisotopic (exact) mass is 761 g/mol. The van der Waals surface area contributed by atoms with E-state index in [1.54, 1.807) is 20.8 Å². The lowest BCUT2D eigenvalue weighted by Crippen LogP contribution is -2.31. The molecular formula is C41H81F9O. The van der Waals surface area contributed by atoms with Crippen LogP contribution in [0.15, 0.2) is 0 Å². The zero-order chi connectivity index (χ0) is 43.1. The van der Waals surface area contributed by atoms with E-state index >= 15 is 0 Å². The molecule has 2 fully saturated rings. The topological polar surface area (TPSA) is 9.23 Å². The Kier molecular flexibility index (Phi) is 20.5. The lowest BCUT2D eigenvalue weighted by molar-refractivity contribution is -0.358. The fraction of sp³-hybridized carbons (Fsp3) is 1.00. The van der Waals surface area contributed by atoms with Crippen molar-refractivity contribution in [1.29, 1.82) is 0 Å². The Morgan fingerprint density at radius 3 is 0.647 bits per heavy atom. The van der Waals surface area contributed by atoms with Crippen molar-refractivity contribution in [2.75, 3.05) is 0 Å². The molecule has 0 aromatic rings. The molecule has 0 aromatic heterocycles. The van der Waals surface area contributed by atoms with Crippen LogP contribution in [0.25, 0.3) is 0 Å². The Morgan fingerprint density at radius 1 is 0.431 bits per heavy atom. The quantitative estimate of drug-likeness (QED) is 0.224. The summed E-state index contributed by atoms with van der Waals surface area (Å²) in [6.07, 6.45) is -6.87. The number of alkyl halides is 9. The summed E-state index contributed by atoms with van der Waals surface area (Å²) in [5.41, 5.74) is -0.0382. The number of hydrogen-bond donors (Lipinski definition) is 0. The van der Waals surface area contributed by atoms with Crippen LogP contribution in [0.1, 0.15) is 192 Å². The summed E-state index contributed by atoms with van der Waals surface area (Å²) in [4.78, 5) is 0. The van der Waals surface area contributed by atoms with Gasteiger partial charge >= 0.3 is 18.7 Å². The van der Waals surface area contributed by atoms with Crippen LogP contribution >= 0.6 is 0 Å². The first kappa shape index (κ1) is 57.1. The molecule has 0 saturated heterocycles. The van der Waals surface area contributed by atoms with E-state index in [9.17, 15) is 39.5 Å². The Bertz CT molecular complexity index is 801. The molecule has 0 spiro atoms. The lowest BCUT2D eigenvalue weighted by Gasteiger charge is -2.34. The van der Waals surface area contributed by atoms with E-state index in [1.807, 2.05) is 0 Å². The van der Waals surface area contributed by atoms with Crippen LogP contribution in [0.3, 0.4) is 0 Å². The summed E-state index contributed by atoms with van der Waals surface area (Å²) >= 11 is 0. The highest BCUT2D eigenvalue weighted by atomic mass is 19.4. The highest BCUT2D eigenvalue weighted by molar-refractivity contribution is 4.98. The molecule has 51 heavy (non-hydrogen) atoms. The van der Waals surface area contributed by atoms with Gasteiger partial charge in [-0.2, -0.15) is 26.3 Å². The van der Waals surface area contributed by atoms with Crippen molar-refractivity contribution in [3.8, 4) is 0 Å². The van der Waals surface area contributed by atoms with Gasteiger partial charge in [-0.25, -0.2) is 0 Å². The van der Waals surface area contributed by atoms with Gasteiger partial charge in [-0.15, -0.1) is 13.2 Å². The zero-order valence-corrected chi connectivity index (χ0v) is 37.2. The van der Waals surface area contributed by atoms with Gasteiger partial charge in [-0.1, -0.05) is 145 Å². The molecule has 0 N–H and O–H groups in total. The first-order valence-electron chi connectivity index (χ1n) is 18.2. The molecule has 10 heteroatoms. The van der Waals surface area contributed by atoms with Crippen LogP contribution in [0.5, 0.6) is 0 Å². The van der Waals surface area contributed by atoms with Crippen molar-refractivity contribution in [3.63, 3.8) is 0 Å². The van der Waals surface area contributed by atoms with Crippen LogP contribution < -0.4 is 0 Å². The summed E-state index contributed by atoms with van der Waals surface area (Å²) in [6.45, 7) is 45.8. The third-order valence-electron chi connectivity index (χ3n) is 10.9. The predicted molar refractivity (Wildman–Crippen MR) is 200 cm³/mol. The first-order valence-corrected chi connectivity index (χ1v) is 18.2. The molecule has 2 rings (SSSR count). The van der Waals surface area contributed by atoms with Crippen molar-refractivity contribution in [1.82, 2.24) is 0 Å². The van der Waals surface area contributed by atoms with E-state index < -0.39 is 41.1 Å². The number of rotatable bonds is 0. The van der Waals surface area contributed by atoms with E-state index in [2.05, 4.69) is 102 Å². The molecular weight excluding hydrogens is 679 g/mol. The van der Waals surface area contributed by atoms with Gasteiger partial charge in [-0.3, -0.25) is 4.74 Å². The molecule has 0 bridgehead atoms. The van der Waals surface area contributed by atoms with Crippen LogP contribution in [-0.2, 0) is 4.74 Å². The van der Waals surface area contributed by atoms with Gasteiger partial charge in [-0.05, 0) is 84.4 Å². The van der Waals surface area contributed by atoms with Gasteiger partial charge in [0.1, 0.15) is 0 Å². The third-order valence-corrected chi connectivity index (χ3v) is 10.9. The summed E-state index contributed by atoms with van der Waals surface area (Å²) in [7, 11) is 0. The largest absolute Gasteiger partial charge is 0.523 e. The predicted octanol–water partition coefficient (Wildman–Crippen LogP) is 16.9. The Morgan fingerprint density at radius 2 is 0.647 bits per heavy atom. The molecule has 0 aromatic carbocycles.